The summed E-state index contributed by atoms with van der Waals surface area (Å²) in [7, 11) is 0. The fourth-order valence-electron chi connectivity index (χ4n) is 2.91. The maximum atomic E-state index is 4.71. The third kappa shape index (κ3) is 4.61. The van der Waals surface area contributed by atoms with Crippen molar-refractivity contribution in [1.29, 1.82) is 0 Å². The zero-order chi connectivity index (χ0) is 16.4. The van der Waals surface area contributed by atoms with Crippen LogP contribution in [0.3, 0.4) is 0 Å². The van der Waals surface area contributed by atoms with Gasteiger partial charge in [0.25, 0.3) is 0 Å². The zero-order valence-electron chi connectivity index (χ0n) is 14.4. The van der Waals surface area contributed by atoms with Gasteiger partial charge in [-0.2, -0.15) is 16.9 Å². The number of thioether (sulfide) groups is 1. The van der Waals surface area contributed by atoms with E-state index in [0.717, 1.165) is 55.6 Å². The van der Waals surface area contributed by atoms with Gasteiger partial charge in [-0.15, -0.1) is 36.2 Å². The number of imidazole rings is 1. The molecule has 10 heteroatoms. The molecule has 0 amide bonds. The SMILES string of the molecule is CSCc1nc(CCn2ccnc2-c2cc3n(n2)CCNC3)cs1.Cl.Cl. The number of aromatic nitrogens is 5. The molecule has 0 fully saturated rings. The Labute approximate surface area is 173 Å². The molecule has 0 aliphatic carbocycles. The summed E-state index contributed by atoms with van der Waals surface area (Å²) in [5.74, 6) is 1.94. The Kier molecular flexibility index (Phi) is 7.97. The standard InChI is InChI=1S/C16H20N6S2.2ClH/c1-23-11-15-19-12(10-24-15)2-5-21-6-4-18-16(21)14-8-13-9-17-3-7-22(13)20-14;;/h4,6,8,10,17H,2-3,5,7,9,11H2,1H3;2*1H. The van der Waals surface area contributed by atoms with Crippen molar-refractivity contribution >= 4 is 47.9 Å². The fourth-order valence-corrected chi connectivity index (χ4v) is 4.46. The summed E-state index contributed by atoms with van der Waals surface area (Å²) in [4.78, 5) is 9.21. The molecule has 0 spiro atoms. The van der Waals surface area contributed by atoms with Gasteiger partial charge < -0.3 is 9.88 Å². The third-order valence-corrected chi connectivity index (χ3v) is 5.73. The second kappa shape index (κ2) is 9.75. The van der Waals surface area contributed by atoms with Crippen LogP contribution in [0.25, 0.3) is 11.5 Å². The van der Waals surface area contributed by atoms with E-state index in [-0.39, 0.29) is 24.8 Å². The Morgan fingerprint density at radius 3 is 3.04 bits per heavy atom. The van der Waals surface area contributed by atoms with E-state index in [0.29, 0.717) is 0 Å². The van der Waals surface area contributed by atoms with E-state index in [1.165, 1.54) is 10.7 Å². The molecule has 142 valence electrons. The average molecular weight is 433 g/mol. The number of nitrogens with zero attached hydrogens (tertiary/aromatic N) is 5. The highest BCUT2D eigenvalue weighted by Gasteiger charge is 2.16. The van der Waals surface area contributed by atoms with Crippen LogP contribution in [0.2, 0.25) is 0 Å². The average Bonchev–Trinajstić information content (AvgIpc) is 3.31. The van der Waals surface area contributed by atoms with Gasteiger partial charge in [0.05, 0.1) is 17.9 Å². The van der Waals surface area contributed by atoms with Crippen LogP contribution in [0.5, 0.6) is 0 Å². The zero-order valence-corrected chi connectivity index (χ0v) is 17.7. The van der Waals surface area contributed by atoms with Crippen molar-refractivity contribution in [1.82, 2.24) is 29.6 Å². The molecular weight excluding hydrogens is 411 g/mol. The third-order valence-electron chi connectivity index (χ3n) is 4.09. The Bertz CT molecular complexity index is 805. The highest BCUT2D eigenvalue weighted by molar-refractivity contribution is 7.97. The maximum absolute atomic E-state index is 4.71. The minimum Gasteiger partial charge on any atom is -0.329 e. The second-order valence-electron chi connectivity index (χ2n) is 5.78. The minimum atomic E-state index is 0. The quantitative estimate of drug-likeness (QED) is 0.647. The first-order valence-corrected chi connectivity index (χ1v) is 10.3. The smallest absolute Gasteiger partial charge is 0.160 e. The Balaban J connectivity index is 0.00000121. The largest absolute Gasteiger partial charge is 0.329 e. The van der Waals surface area contributed by atoms with E-state index in [2.05, 4.69) is 37.3 Å². The molecule has 3 aromatic rings. The van der Waals surface area contributed by atoms with Crippen molar-refractivity contribution in [2.45, 2.75) is 31.8 Å². The summed E-state index contributed by atoms with van der Waals surface area (Å²) in [5.41, 5.74) is 3.35. The van der Waals surface area contributed by atoms with Gasteiger partial charge in [0.2, 0.25) is 0 Å². The van der Waals surface area contributed by atoms with Crippen molar-refractivity contribution in [3.05, 3.63) is 40.2 Å². The highest BCUT2D eigenvalue weighted by Crippen LogP contribution is 2.20. The molecule has 0 saturated carbocycles. The number of hydrogen-bond acceptors (Lipinski definition) is 6. The van der Waals surface area contributed by atoms with Crippen molar-refractivity contribution in [2.24, 2.45) is 0 Å². The first kappa shape index (κ1) is 21.2. The van der Waals surface area contributed by atoms with Crippen molar-refractivity contribution in [3.8, 4) is 11.5 Å². The molecule has 0 bridgehead atoms. The molecule has 4 rings (SSSR count). The number of halogens is 2. The fraction of sp³-hybridized carbons (Fsp3) is 0.438. The first-order chi connectivity index (χ1) is 11.8. The second-order valence-corrected chi connectivity index (χ2v) is 7.59. The summed E-state index contributed by atoms with van der Waals surface area (Å²) < 4.78 is 4.26. The van der Waals surface area contributed by atoms with Crippen molar-refractivity contribution < 1.29 is 0 Å². The van der Waals surface area contributed by atoms with Crippen LogP contribution >= 0.6 is 47.9 Å². The Hall–Kier alpha value is -1.06. The number of hydrogen-bond donors (Lipinski definition) is 1. The van der Waals surface area contributed by atoms with Gasteiger partial charge in [-0.1, -0.05) is 0 Å². The summed E-state index contributed by atoms with van der Waals surface area (Å²) in [6.45, 7) is 3.65. The van der Waals surface area contributed by atoms with Crippen LogP contribution in [0.4, 0.5) is 0 Å². The molecule has 1 aliphatic heterocycles. The molecule has 0 unspecified atom stereocenters. The Morgan fingerprint density at radius 1 is 1.35 bits per heavy atom. The summed E-state index contributed by atoms with van der Waals surface area (Å²) in [5, 5.41) is 11.5. The van der Waals surface area contributed by atoms with Crippen molar-refractivity contribution in [3.63, 3.8) is 0 Å². The van der Waals surface area contributed by atoms with Gasteiger partial charge in [0.1, 0.15) is 10.7 Å². The molecule has 26 heavy (non-hydrogen) atoms. The van der Waals surface area contributed by atoms with Gasteiger partial charge in [0.15, 0.2) is 5.82 Å². The summed E-state index contributed by atoms with van der Waals surface area (Å²) in [6.07, 6.45) is 6.91. The lowest BCUT2D eigenvalue weighted by Gasteiger charge is -2.13. The van der Waals surface area contributed by atoms with Crippen LogP contribution in [0.15, 0.2) is 23.8 Å². The number of fused-ring (bicyclic) bond motifs is 1. The van der Waals surface area contributed by atoms with Gasteiger partial charge in [0, 0.05) is 49.6 Å². The van der Waals surface area contributed by atoms with E-state index in [1.807, 2.05) is 24.2 Å². The molecular formula is C16H22Cl2N6S2. The lowest BCUT2D eigenvalue weighted by molar-refractivity contribution is 0.476. The molecule has 0 atom stereocenters. The molecule has 3 aromatic heterocycles. The van der Waals surface area contributed by atoms with E-state index in [4.69, 9.17) is 10.1 Å². The number of rotatable bonds is 6. The number of nitrogens with one attached hydrogen (secondary N) is 1. The molecule has 6 nitrogen and oxygen atoms in total. The van der Waals surface area contributed by atoms with Gasteiger partial charge in [-0.05, 0) is 12.3 Å². The van der Waals surface area contributed by atoms with Crippen LogP contribution < -0.4 is 5.32 Å². The highest BCUT2D eigenvalue weighted by atomic mass is 35.5. The molecule has 4 heterocycles. The Morgan fingerprint density at radius 2 is 2.23 bits per heavy atom. The monoisotopic (exact) mass is 432 g/mol. The number of thiazole rings is 1. The van der Waals surface area contributed by atoms with E-state index in [9.17, 15) is 0 Å². The summed E-state index contributed by atoms with van der Waals surface area (Å²) >= 11 is 3.56. The molecule has 1 N–H and O–H groups in total. The molecule has 0 aromatic carbocycles. The first-order valence-electron chi connectivity index (χ1n) is 8.04. The van der Waals surface area contributed by atoms with Gasteiger partial charge in [-0.25, -0.2) is 9.97 Å². The predicted octanol–water partition coefficient (Wildman–Crippen LogP) is 3.26. The number of aryl methyl sites for hydroxylation is 2. The van der Waals surface area contributed by atoms with Crippen LogP contribution in [0, 0.1) is 0 Å². The van der Waals surface area contributed by atoms with E-state index < -0.39 is 0 Å². The van der Waals surface area contributed by atoms with Gasteiger partial charge >= 0.3 is 0 Å². The van der Waals surface area contributed by atoms with Crippen LogP contribution in [-0.2, 0) is 31.8 Å². The van der Waals surface area contributed by atoms with E-state index >= 15 is 0 Å². The molecule has 0 saturated heterocycles. The molecule has 1 aliphatic rings. The predicted molar refractivity (Wildman–Crippen MR) is 113 cm³/mol. The maximum Gasteiger partial charge on any atom is 0.160 e. The van der Waals surface area contributed by atoms with E-state index in [1.54, 1.807) is 11.3 Å². The molecule has 0 radical (unpaired) electrons. The lowest BCUT2D eigenvalue weighted by atomic mass is 10.3. The van der Waals surface area contributed by atoms with Crippen LogP contribution in [-0.4, -0.2) is 37.1 Å². The van der Waals surface area contributed by atoms with Gasteiger partial charge in [-0.3, -0.25) is 4.68 Å². The topological polar surface area (TPSA) is 60.6 Å². The summed E-state index contributed by atoms with van der Waals surface area (Å²) in [6, 6.07) is 2.14. The normalized spacial score (nSPS) is 13.0. The van der Waals surface area contributed by atoms with Crippen molar-refractivity contribution in [2.75, 3.05) is 12.8 Å². The van der Waals surface area contributed by atoms with Crippen LogP contribution in [0.1, 0.15) is 16.4 Å². The lowest BCUT2D eigenvalue weighted by Crippen LogP contribution is -2.28. The minimum absolute atomic E-state index is 0.